The van der Waals surface area contributed by atoms with E-state index in [-0.39, 0.29) is 0 Å². The summed E-state index contributed by atoms with van der Waals surface area (Å²) in [6.45, 7) is 8.18. The van der Waals surface area contributed by atoms with Crippen LogP contribution >= 0.6 is 0 Å². The lowest BCUT2D eigenvalue weighted by molar-refractivity contribution is -0.131. The molecule has 0 aliphatic carbocycles. The molecule has 24 heavy (non-hydrogen) atoms. The van der Waals surface area contributed by atoms with Crippen LogP contribution in [0.25, 0.3) is 6.08 Å². The molecular formula is C21H26O3. The molecule has 2 aromatic carbocycles. The van der Waals surface area contributed by atoms with E-state index in [0.29, 0.717) is 11.7 Å². The maximum Gasteiger partial charge on any atom is 0.328 e. The van der Waals surface area contributed by atoms with E-state index in [1.807, 2.05) is 50.2 Å². The summed E-state index contributed by atoms with van der Waals surface area (Å²) in [6, 6.07) is 13.6. The van der Waals surface area contributed by atoms with Gasteiger partial charge in [0, 0.05) is 6.08 Å². The maximum atomic E-state index is 10.3. The molecule has 2 aromatic rings. The first-order valence-corrected chi connectivity index (χ1v) is 8.13. The molecule has 128 valence electrons. The number of carbonyl (C=O) groups is 1. The van der Waals surface area contributed by atoms with Crippen LogP contribution in [0.2, 0.25) is 0 Å². The third-order valence-electron chi connectivity index (χ3n) is 3.74. The summed E-state index contributed by atoms with van der Waals surface area (Å²) in [7, 11) is 0. The van der Waals surface area contributed by atoms with E-state index in [2.05, 4.69) is 19.9 Å². The summed E-state index contributed by atoms with van der Waals surface area (Å²) in [5.41, 5.74) is 4.27. The van der Waals surface area contributed by atoms with E-state index < -0.39 is 5.97 Å². The highest BCUT2D eigenvalue weighted by atomic mass is 16.4. The summed E-state index contributed by atoms with van der Waals surface area (Å²) in [6.07, 6.45) is 3.70. The predicted molar refractivity (Wildman–Crippen MR) is 99.4 cm³/mol. The molecule has 0 heterocycles. The number of aryl methyl sites for hydroxylation is 2. The highest BCUT2D eigenvalue weighted by molar-refractivity contribution is 5.85. The van der Waals surface area contributed by atoms with Crippen molar-refractivity contribution in [3.05, 3.63) is 70.8 Å². The number of rotatable bonds is 4. The summed E-state index contributed by atoms with van der Waals surface area (Å²) in [5, 5.41) is 17.8. The Balaban J connectivity index is 0.000000243. The minimum absolute atomic E-state index is 0.399. The Hall–Kier alpha value is -2.55. The lowest BCUT2D eigenvalue weighted by Gasteiger charge is -2.06. The third-order valence-corrected chi connectivity index (χ3v) is 3.74. The van der Waals surface area contributed by atoms with Crippen LogP contribution < -0.4 is 0 Å². The monoisotopic (exact) mass is 326 g/mol. The molecule has 3 heteroatoms. The molecule has 0 aliphatic heterocycles. The molecule has 0 bridgehead atoms. The van der Waals surface area contributed by atoms with Crippen LogP contribution in [0.4, 0.5) is 0 Å². The van der Waals surface area contributed by atoms with Crippen molar-refractivity contribution in [2.45, 2.75) is 40.0 Å². The number of benzene rings is 2. The highest BCUT2D eigenvalue weighted by Crippen LogP contribution is 2.22. The fraction of sp³-hybridized carbons (Fsp3) is 0.286. The molecule has 0 radical (unpaired) electrons. The van der Waals surface area contributed by atoms with Crippen molar-refractivity contribution in [3.63, 3.8) is 0 Å². The van der Waals surface area contributed by atoms with Crippen molar-refractivity contribution in [1.29, 1.82) is 0 Å². The van der Waals surface area contributed by atoms with Crippen LogP contribution in [-0.4, -0.2) is 16.2 Å². The SMILES string of the molecule is CCc1ccccc1/C=C/C(=O)O.Cc1ccc(C(C)C)cc1O. The van der Waals surface area contributed by atoms with Gasteiger partial charge in [-0.25, -0.2) is 4.79 Å². The Morgan fingerprint density at radius 3 is 2.38 bits per heavy atom. The predicted octanol–water partition coefficient (Wildman–Crippen LogP) is 5.17. The van der Waals surface area contributed by atoms with Crippen molar-refractivity contribution in [2.24, 2.45) is 0 Å². The zero-order valence-corrected chi connectivity index (χ0v) is 14.8. The van der Waals surface area contributed by atoms with Gasteiger partial charge in [-0.05, 0) is 53.7 Å². The molecule has 2 N–H and O–H groups in total. The standard InChI is InChI=1S/C11H12O2.C10H14O/c1-2-9-5-3-4-6-10(9)7-8-11(12)13;1-7(2)9-5-4-8(3)10(11)6-9/h3-8H,2H2,1H3,(H,12,13);4-7,11H,1-3H3/b8-7+;. The van der Waals surface area contributed by atoms with Crippen LogP contribution in [0.5, 0.6) is 5.75 Å². The molecule has 0 aromatic heterocycles. The van der Waals surface area contributed by atoms with Gasteiger partial charge < -0.3 is 10.2 Å². The molecule has 0 spiro atoms. The number of aromatic hydroxyl groups is 1. The average Bonchev–Trinajstić information content (AvgIpc) is 2.56. The van der Waals surface area contributed by atoms with Crippen LogP contribution in [0.1, 0.15) is 48.9 Å². The first kappa shape index (κ1) is 19.5. The normalized spacial score (nSPS) is 10.5. The van der Waals surface area contributed by atoms with E-state index >= 15 is 0 Å². The summed E-state index contributed by atoms with van der Waals surface area (Å²) >= 11 is 0. The Kier molecular flexibility index (Phi) is 7.76. The van der Waals surface area contributed by atoms with Crippen molar-refractivity contribution in [2.75, 3.05) is 0 Å². The lowest BCUT2D eigenvalue weighted by atomic mass is 10.0. The fourth-order valence-electron chi connectivity index (χ4n) is 2.17. The number of phenols is 1. The number of carboxylic acids is 1. The number of hydrogen-bond acceptors (Lipinski definition) is 2. The van der Waals surface area contributed by atoms with Crippen LogP contribution in [0.3, 0.4) is 0 Å². The Bertz CT molecular complexity index is 700. The summed E-state index contributed by atoms with van der Waals surface area (Å²) in [4.78, 5) is 10.3. The Morgan fingerprint density at radius 2 is 1.83 bits per heavy atom. The van der Waals surface area contributed by atoms with Gasteiger partial charge in [-0.3, -0.25) is 0 Å². The van der Waals surface area contributed by atoms with Gasteiger partial charge in [0.15, 0.2) is 0 Å². The largest absolute Gasteiger partial charge is 0.508 e. The van der Waals surface area contributed by atoms with Gasteiger partial charge in [0.25, 0.3) is 0 Å². The van der Waals surface area contributed by atoms with E-state index in [9.17, 15) is 9.90 Å². The van der Waals surface area contributed by atoms with Crippen LogP contribution in [0, 0.1) is 6.92 Å². The number of carboxylic acid groups (broad SMARTS) is 1. The molecule has 3 nitrogen and oxygen atoms in total. The van der Waals surface area contributed by atoms with E-state index in [1.165, 1.54) is 11.1 Å². The number of hydrogen-bond donors (Lipinski definition) is 2. The first-order chi connectivity index (χ1) is 11.3. The number of aliphatic carboxylic acids is 1. The van der Waals surface area contributed by atoms with E-state index in [0.717, 1.165) is 23.6 Å². The molecule has 0 saturated carbocycles. The fourth-order valence-corrected chi connectivity index (χ4v) is 2.17. The van der Waals surface area contributed by atoms with Crippen molar-refractivity contribution >= 4 is 12.0 Å². The van der Waals surface area contributed by atoms with Crippen LogP contribution in [0.15, 0.2) is 48.5 Å². The van der Waals surface area contributed by atoms with Gasteiger partial charge in [-0.1, -0.05) is 57.2 Å². The van der Waals surface area contributed by atoms with Gasteiger partial charge >= 0.3 is 5.97 Å². The second kappa shape index (κ2) is 9.56. The van der Waals surface area contributed by atoms with Gasteiger partial charge in [-0.15, -0.1) is 0 Å². The van der Waals surface area contributed by atoms with E-state index in [4.69, 9.17) is 5.11 Å². The maximum absolute atomic E-state index is 10.3. The highest BCUT2D eigenvalue weighted by Gasteiger charge is 2.01. The lowest BCUT2D eigenvalue weighted by Crippen LogP contribution is -1.88. The molecule has 2 rings (SSSR count). The molecule has 0 aliphatic rings. The van der Waals surface area contributed by atoms with Crippen molar-refractivity contribution in [1.82, 2.24) is 0 Å². The third kappa shape index (κ3) is 6.29. The van der Waals surface area contributed by atoms with E-state index in [1.54, 1.807) is 6.08 Å². The van der Waals surface area contributed by atoms with Crippen molar-refractivity contribution < 1.29 is 15.0 Å². The van der Waals surface area contributed by atoms with Gasteiger partial charge in [0.2, 0.25) is 0 Å². The Labute approximate surface area is 144 Å². The minimum atomic E-state index is -0.911. The smallest absolute Gasteiger partial charge is 0.328 e. The molecule has 0 saturated heterocycles. The molecule has 0 unspecified atom stereocenters. The zero-order valence-electron chi connectivity index (χ0n) is 14.8. The van der Waals surface area contributed by atoms with Crippen LogP contribution in [-0.2, 0) is 11.2 Å². The average molecular weight is 326 g/mol. The topological polar surface area (TPSA) is 57.5 Å². The van der Waals surface area contributed by atoms with Gasteiger partial charge in [-0.2, -0.15) is 0 Å². The summed E-state index contributed by atoms with van der Waals surface area (Å²) < 4.78 is 0. The number of phenolic OH excluding ortho intramolecular Hbond substituents is 1. The Morgan fingerprint density at radius 1 is 1.17 bits per heavy atom. The second-order valence-electron chi connectivity index (χ2n) is 5.92. The molecule has 0 atom stereocenters. The molecule has 0 amide bonds. The zero-order chi connectivity index (χ0) is 18.1. The van der Waals surface area contributed by atoms with Gasteiger partial charge in [0.1, 0.15) is 5.75 Å². The molecular weight excluding hydrogens is 300 g/mol. The first-order valence-electron chi connectivity index (χ1n) is 8.13. The quantitative estimate of drug-likeness (QED) is 0.762. The van der Waals surface area contributed by atoms with Crippen molar-refractivity contribution in [3.8, 4) is 5.75 Å². The van der Waals surface area contributed by atoms with Gasteiger partial charge in [0.05, 0.1) is 0 Å². The minimum Gasteiger partial charge on any atom is -0.508 e. The molecule has 0 fully saturated rings. The summed E-state index contributed by atoms with van der Waals surface area (Å²) in [5.74, 6) is -0.0244. The second-order valence-corrected chi connectivity index (χ2v) is 5.92.